The highest BCUT2D eigenvalue weighted by atomic mass is 16.1. The minimum Gasteiger partial charge on any atom is -0.369 e. The Bertz CT molecular complexity index is 684. The van der Waals surface area contributed by atoms with Crippen LogP contribution in [0.15, 0.2) is 36.5 Å². The number of amides is 1. The zero-order chi connectivity index (χ0) is 16.1. The summed E-state index contributed by atoms with van der Waals surface area (Å²) in [6.07, 6.45) is 8.92. The second kappa shape index (κ2) is 7.36. The van der Waals surface area contributed by atoms with Crippen molar-refractivity contribution in [2.24, 2.45) is 11.7 Å². The van der Waals surface area contributed by atoms with Gasteiger partial charge in [0.15, 0.2) is 0 Å². The van der Waals surface area contributed by atoms with Crippen LogP contribution >= 0.6 is 0 Å². The summed E-state index contributed by atoms with van der Waals surface area (Å²) in [5.41, 5.74) is 9.91. The first-order valence-electron chi connectivity index (χ1n) is 8.42. The van der Waals surface area contributed by atoms with E-state index in [1.165, 1.54) is 18.4 Å². The predicted molar refractivity (Wildman–Crippen MR) is 90.6 cm³/mol. The van der Waals surface area contributed by atoms with Gasteiger partial charge in [-0.1, -0.05) is 37.5 Å². The van der Waals surface area contributed by atoms with E-state index in [1.807, 2.05) is 6.07 Å². The van der Waals surface area contributed by atoms with Crippen LogP contribution in [0.4, 0.5) is 0 Å². The molecule has 0 spiro atoms. The fraction of sp³-hybridized carbons (Fsp3) is 0.421. The molecule has 0 fully saturated rings. The number of carbonyl (C=O) groups is 1. The third-order valence-electron chi connectivity index (χ3n) is 4.59. The van der Waals surface area contributed by atoms with Crippen molar-refractivity contribution in [2.45, 2.75) is 44.9 Å². The number of aromatic nitrogens is 2. The summed E-state index contributed by atoms with van der Waals surface area (Å²) in [7, 11) is 0. The molecule has 1 amide bonds. The van der Waals surface area contributed by atoms with Gasteiger partial charge >= 0.3 is 0 Å². The van der Waals surface area contributed by atoms with Gasteiger partial charge in [-0.25, -0.2) is 0 Å². The van der Waals surface area contributed by atoms with Crippen molar-refractivity contribution >= 4 is 5.91 Å². The Labute approximate surface area is 137 Å². The molecular formula is C19H23N3O. The first-order valence-corrected chi connectivity index (χ1v) is 8.42. The first kappa shape index (κ1) is 15.7. The molecule has 120 valence electrons. The van der Waals surface area contributed by atoms with Crippen LogP contribution in [0, 0.1) is 5.92 Å². The van der Waals surface area contributed by atoms with Gasteiger partial charge in [-0.05, 0) is 48.9 Å². The molecule has 4 bridgehead atoms. The van der Waals surface area contributed by atoms with E-state index in [4.69, 9.17) is 5.73 Å². The molecular weight excluding hydrogens is 286 g/mol. The van der Waals surface area contributed by atoms with Gasteiger partial charge in [0.05, 0.1) is 11.9 Å². The molecule has 0 saturated heterocycles. The maximum atomic E-state index is 11.7. The minimum atomic E-state index is -0.211. The summed E-state index contributed by atoms with van der Waals surface area (Å²) in [6, 6.07) is 10.6. The monoisotopic (exact) mass is 309 g/mol. The Morgan fingerprint density at radius 1 is 1.09 bits per heavy atom. The van der Waals surface area contributed by atoms with Crippen LogP contribution in [0.5, 0.6) is 0 Å². The van der Waals surface area contributed by atoms with Gasteiger partial charge in [0.25, 0.3) is 0 Å². The average Bonchev–Trinajstić information content (AvgIpc) is 2.56. The van der Waals surface area contributed by atoms with E-state index >= 15 is 0 Å². The van der Waals surface area contributed by atoms with E-state index in [2.05, 4.69) is 34.5 Å². The van der Waals surface area contributed by atoms with Crippen LogP contribution in [0.3, 0.4) is 0 Å². The predicted octanol–water partition coefficient (Wildman–Crippen LogP) is 3.29. The van der Waals surface area contributed by atoms with Crippen LogP contribution in [-0.4, -0.2) is 16.1 Å². The Balaban J connectivity index is 1.94. The lowest BCUT2D eigenvalue weighted by Gasteiger charge is -2.14. The molecule has 3 rings (SSSR count). The molecule has 1 unspecified atom stereocenters. The van der Waals surface area contributed by atoms with Crippen molar-refractivity contribution in [3.8, 4) is 11.3 Å². The van der Waals surface area contributed by atoms with E-state index in [9.17, 15) is 4.79 Å². The third-order valence-corrected chi connectivity index (χ3v) is 4.59. The van der Waals surface area contributed by atoms with Crippen molar-refractivity contribution < 1.29 is 4.79 Å². The zero-order valence-corrected chi connectivity index (χ0v) is 13.4. The van der Waals surface area contributed by atoms with Crippen molar-refractivity contribution in [2.75, 3.05) is 0 Å². The van der Waals surface area contributed by atoms with Crippen LogP contribution in [0.25, 0.3) is 11.3 Å². The number of rotatable bonds is 1. The van der Waals surface area contributed by atoms with Crippen LogP contribution < -0.4 is 5.73 Å². The Morgan fingerprint density at radius 2 is 1.96 bits per heavy atom. The van der Waals surface area contributed by atoms with Crippen LogP contribution in [0.1, 0.15) is 43.2 Å². The number of carbonyl (C=O) groups excluding carboxylic acids is 1. The maximum Gasteiger partial charge on any atom is 0.220 e. The number of benzene rings is 1. The van der Waals surface area contributed by atoms with E-state index in [1.54, 1.807) is 6.20 Å². The van der Waals surface area contributed by atoms with Crippen molar-refractivity contribution in [1.82, 2.24) is 10.2 Å². The Morgan fingerprint density at radius 3 is 2.83 bits per heavy atom. The first-order chi connectivity index (χ1) is 11.2. The molecule has 0 aliphatic heterocycles. The topological polar surface area (TPSA) is 68.9 Å². The number of nitrogens with two attached hydrogens (primary N) is 1. The zero-order valence-electron chi connectivity index (χ0n) is 13.4. The molecule has 1 aliphatic carbocycles. The van der Waals surface area contributed by atoms with Gasteiger partial charge in [-0.15, -0.1) is 0 Å². The van der Waals surface area contributed by atoms with E-state index < -0.39 is 0 Å². The molecule has 1 atom stereocenters. The summed E-state index contributed by atoms with van der Waals surface area (Å²) in [5.74, 6) is -0.321. The fourth-order valence-corrected chi connectivity index (χ4v) is 3.25. The number of hydrogen-bond donors (Lipinski definition) is 1. The van der Waals surface area contributed by atoms with Gasteiger partial charge in [-0.2, -0.15) is 10.2 Å². The number of aryl methyl sites for hydroxylation is 1. The molecule has 4 nitrogen and oxygen atoms in total. The summed E-state index contributed by atoms with van der Waals surface area (Å²) < 4.78 is 0. The second-order valence-corrected chi connectivity index (χ2v) is 6.41. The average molecular weight is 309 g/mol. The molecule has 4 heteroatoms. The lowest BCUT2D eigenvalue weighted by Crippen LogP contribution is -2.25. The second-order valence-electron chi connectivity index (χ2n) is 6.41. The molecule has 0 radical (unpaired) electrons. The van der Waals surface area contributed by atoms with Crippen LogP contribution in [0.2, 0.25) is 0 Å². The Hall–Kier alpha value is -2.23. The number of primary amides is 1. The highest BCUT2D eigenvalue weighted by molar-refractivity contribution is 5.77. The third kappa shape index (κ3) is 4.15. The standard InChI is InChI=1S/C19H23N3O/c20-19(23)17-8-4-2-1-3-6-14-7-5-9-16(10-14)18-12-15(11-17)13-21-22-18/h5,7,9-10,12-13,17H,1-4,6,8,11H2,(H2,20,23). The molecule has 1 aromatic carbocycles. The number of fused-ring (bicyclic) bond motifs is 5. The molecule has 1 heterocycles. The smallest absolute Gasteiger partial charge is 0.220 e. The van der Waals surface area contributed by atoms with E-state index in [0.717, 1.165) is 42.5 Å². The van der Waals surface area contributed by atoms with Crippen molar-refractivity contribution in [3.63, 3.8) is 0 Å². The summed E-state index contributed by atoms with van der Waals surface area (Å²) in [6.45, 7) is 0. The molecule has 2 aromatic rings. The lowest BCUT2D eigenvalue weighted by atomic mass is 9.92. The molecule has 0 saturated carbocycles. The molecule has 2 N–H and O–H groups in total. The lowest BCUT2D eigenvalue weighted by molar-refractivity contribution is -0.122. The van der Waals surface area contributed by atoms with Gasteiger partial charge in [0.1, 0.15) is 0 Å². The molecule has 1 aromatic heterocycles. The van der Waals surface area contributed by atoms with Gasteiger partial charge in [0.2, 0.25) is 5.91 Å². The highest BCUT2D eigenvalue weighted by Crippen LogP contribution is 2.23. The SMILES string of the molecule is NC(=O)C1CCCCCCc2cccc(c2)-c2cc(cnn2)C1. The summed E-state index contributed by atoms with van der Waals surface area (Å²) >= 11 is 0. The van der Waals surface area contributed by atoms with Gasteiger partial charge in [0, 0.05) is 11.5 Å². The molecule has 1 aliphatic rings. The fourth-order valence-electron chi connectivity index (χ4n) is 3.25. The number of nitrogens with zero attached hydrogens (tertiary/aromatic N) is 2. The van der Waals surface area contributed by atoms with Crippen molar-refractivity contribution in [3.05, 3.63) is 47.7 Å². The normalized spacial score (nSPS) is 18.9. The van der Waals surface area contributed by atoms with E-state index in [0.29, 0.717) is 6.42 Å². The largest absolute Gasteiger partial charge is 0.369 e. The maximum absolute atomic E-state index is 11.7. The van der Waals surface area contributed by atoms with Crippen molar-refractivity contribution in [1.29, 1.82) is 0 Å². The minimum absolute atomic E-state index is 0.110. The summed E-state index contributed by atoms with van der Waals surface area (Å²) in [4.78, 5) is 11.7. The quantitative estimate of drug-likeness (QED) is 0.878. The van der Waals surface area contributed by atoms with E-state index in [-0.39, 0.29) is 11.8 Å². The van der Waals surface area contributed by atoms with Crippen LogP contribution in [-0.2, 0) is 17.6 Å². The Kier molecular flexibility index (Phi) is 5.01. The van der Waals surface area contributed by atoms with Gasteiger partial charge in [-0.3, -0.25) is 4.79 Å². The molecule has 23 heavy (non-hydrogen) atoms. The summed E-state index contributed by atoms with van der Waals surface area (Å²) in [5, 5.41) is 8.38. The van der Waals surface area contributed by atoms with Gasteiger partial charge < -0.3 is 5.73 Å². The highest BCUT2D eigenvalue weighted by Gasteiger charge is 2.17. The number of hydrogen-bond acceptors (Lipinski definition) is 3.